The summed E-state index contributed by atoms with van der Waals surface area (Å²) in [7, 11) is -3.68. The van der Waals surface area contributed by atoms with Crippen LogP contribution in [-0.4, -0.2) is 43.1 Å². The molecule has 0 aliphatic carbocycles. The van der Waals surface area contributed by atoms with E-state index in [4.69, 9.17) is 9.47 Å². The van der Waals surface area contributed by atoms with Crippen molar-refractivity contribution in [2.45, 2.75) is 59.2 Å². The molecule has 0 fully saturated rings. The molecule has 0 aliphatic heterocycles. The van der Waals surface area contributed by atoms with Crippen LogP contribution in [0.2, 0.25) is 0 Å². The maximum absolute atomic E-state index is 11.7. The number of carbonyl (C=O) groups is 2. The second-order valence-electron chi connectivity index (χ2n) is 6.51. The largest absolute Gasteiger partial charge is 0.460 e. The van der Waals surface area contributed by atoms with Gasteiger partial charge < -0.3 is 9.47 Å². The van der Waals surface area contributed by atoms with Gasteiger partial charge in [-0.15, -0.1) is 0 Å². The lowest BCUT2D eigenvalue weighted by atomic mass is 10.2. The van der Waals surface area contributed by atoms with Crippen LogP contribution in [0.3, 0.4) is 0 Å². The Morgan fingerprint density at radius 1 is 0.850 bits per heavy atom. The van der Waals surface area contributed by atoms with E-state index in [-0.39, 0.29) is 6.42 Å². The van der Waals surface area contributed by atoms with Gasteiger partial charge in [0.1, 0.15) is 17.0 Å². The Labute approximate surface area is 120 Å². The number of carbonyl (C=O) groups excluding carboxylic acids is 2. The monoisotopic (exact) mass is 308 g/mol. The number of hydrogen-bond donors (Lipinski definition) is 0. The summed E-state index contributed by atoms with van der Waals surface area (Å²) in [4.78, 5) is 22.8. The van der Waals surface area contributed by atoms with Crippen LogP contribution in [0.15, 0.2) is 0 Å². The van der Waals surface area contributed by atoms with Gasteiger partial charge in [-0.2, -0.15) is 0 Å². The van der Waals surface area contributed by atoms with E-state index >= 15 is 0 Å². The minimum atomic E-state index is -3.68. The van der Waals surface area contributed by atoms with Crippen molar-refractivity contribution in [2.75, 3.05) is 11.5 Å². The molecule has 0 aromatic heterocycles. The Kier molecular flexibility index (Phi) is 6.20. The van der Waals surface area contributed by atoms with E-state index in [1.165, 1.54) is 0 Å². The van der Waals surface area contributed by atoms with Crippen molar-refractivity contribution in [1.82, 2.24) is 0 Å². The fraction of sp³-hybridized carbons (Fsp3) is 0.846. The van der Waals surface area contributed by atoms with Crippen molar-refractivity contribution in [2.24, 2.45) is 0 Å². The van der Waals surface area contributed by atoms with Gasteiger partial charge in [0.15, 0.2) is 9.84 Å². The first kappa shape index (κ1) is 18.9. The topological polar surface area (TPSA) is 86.7 Å². The van der Waals surface area contributed by atoms with E-state index in [0.717, 1.165) is 0 Å². The minimum absolute atomic E-state index is 0.275. The molecule has 0 unspecified atom stereocenters. The molecule has 0 heterocycles. The van der Waals surface area contributed by atoms with Crippen molar-refractivity contribution in [3.8, 4) is 0 Å². The molecule has 7 heteroatoms. The Morgan fingerprint density at radius 3 is 1.65 bits per heavy atom. The van der Waals surface area contributed by atoms with Gasteiger partial charge >= 0.3 is 11.9 Å². The van der Waals surface area contributed by atoms with Gasteiger partial charge in [0.25, 0.3) is 0 Å². The maximum Gasteiger partial charge on any atom is 0.321 e. The maximum atomic E-state index is 11.7. The predicted molar refractivity (Wildman–Crippen MR) is 75.0 cm³/mol. The van der Waals surface area contributed by atoms with Gasteiger partial charge in [0.2, 0.25) is 0 Å². The third-order valence-corrected chi connectivity index (χ3v) is 3.30. The lowest BCUT2D eigenvalue weighted by Crippen LogP contribution is -2.30. The molecule has 6 nitrogen and oxygen atoms in total. The second-order valence-corrected chi connectivity index (χ2v) is 8.70. The smallest absolute Gasteiger partial charge is 0.321 e. The fourth-order valence-corrected chi connectivity index (χ4v) is 2.29. The molecule has 0 saturated heterocycles. The molecule has 0 atom stereocenters. The van der Waals surface area contributed by atoms with Crippen LogP contribution in [0.5, 0.6) is 0 Å². The first-order chi connectivity index (χ1) is 8.70. The van der Waals surface area contributed by atoms with Crippen LogP contribution in [-0.2, 0) is 28.9 Å². The number of esters is 2. The zero-order valence-electron chi connectivity index (χ0n) is 13.0. The van der Waals surface area contributed by atoms with Crippen LogP contribution in [0, 0.1) is 0 Å². The number of sulfone groups is 1. The number of rotatable bonds is 5. The van der Waals surface area contributed by atoms with Crippen molar-refractivity contribution < 1.29 is 27.5 Å². The second kappa shape index (κ2) is 6.56. The molecule has 0 rings (SSSR count). The molecule has 0 amide bonds. The molecule has 0 saturated carbocycles. The molecule has 0 bridgehead atoms. The van der Waals surface area contributed by atoms with E-state index in [1.807, 2.05) is 0 Å². The number of ether oxygens (including phenoxy) is 2. The summed E-state index contributed by atoms with van der Waals surface area (Å²) >= 11 is 0. The van der Waals surface area contributed by atoms with Crippen molar-refractivity contribution in [3.63, 3.8) is 0 Å². The summed E-state index contributed by atoms with van der Waals surface area (Å²) < 4.78 is 33.3. The summed E-state index contributed by atoms with van der Waals surface area (Å²) in [6.07, 6.45) is -0.275. The van der Waals surface area contributed by atoms with E-state index < -0.39 is 44.5 Å². The van der Waals surface area contributed by atoms with Crippen LogP contribution in [0.4, 0.5) is 0 Å². The van der Waals surface area contributed by atoms with E-state index in [0.29, 0.717) is 0 Å². The zero-order chi connectivity index (χ0) is 16.2. The Hall–Kier alpha value is -1.11. The lowest BCUT2D eigenvalue weighted by Gasteiger charge is -2.20. The van der Waals surface area contributed by atoms with Crippen LogP contribution >= 0.6 is 0 Å². The highest BCUT2D eigenvalue weighted by atomic mass is 32.2. The summed E-state index contributed by atoms with van der Waals surface area (Å²) in [6, 6.07) is 0. The average Bonchev–Trinajstić information content (AvgIpc) is 2.07. The highest BCUT2D eigenvalue weighted by Gasteiger charge is 2.24. The van der Waals surface area contributed by atoms with Crippen LogP contribution < -0.4 is 0 Å². The molecule has 20 heavy (non-hydrogen) atoms. The Bertz CT molecular complexity index is 450. The normalized spacial score (nSPS) is 12.9. The first-order valence-corrected chi connectivity index (χ1v) is 8.16. The highest BCUT2D eigenvalue weighted by Crippen LogP contribution is 2.10. The fourth-order valence-electron chi connectivity index (χ4n) is 1.25. The molecule has 0 N–H and O–H groups in total. The summed E-state index contributed by atoms with van der Waals surface area (Å²) in [5, 5.41) is 0. The minimum Gasteiger partial charge on any atom is -0.460 e. The molecule has 0 spiro atoms. The first-order valence-electron chi connectivity index (χ1n) is 6.34. The molecule has 0 radical (unpaired) electrons. The van der Waals surface area contributed by atoms with E-state index in [2.05, 4.69) is 0 Å². The molecular weight excluding hydrogens is 284 g/mol. The molecular formula is C13H24O6S. The Balaban J connectivity index is 4.34. The third kappa shape index (κ3) is 10.8. The van der Waals surface area contributed by atoms with E-state index in [1.54, 1.807) is 41.5 Å². The molecule has 0 aromatic carbocycles. The molecule has 0 aromatic rings. The summed E-state index contributed by atoms with van der Waals surface area (Å²) in [5.41, 5.74) is -1.40. The van der Waals surface area contributed by atoms with Gasteiger partial charge in [-0.1, -0.05) is 0 Å². The molecule has 118 valence electrons. The van der Waals surface area contributed by atoms with Gasteiger partial charge in [-0.25, -0.2) is 8.42 Å². The Morgan fingerprint density at radius 2 is 1.25 bits per heavy atom. The summed E-state index contributed by atoms with van der Waals surface area (Å²) in [6.45, 7) is 10.0. The average molecular weight is 308 g/mol. The van der Waals surface area contributed by atoms with Crippen molar-refractivity contribution >= 4 is 21.8 Å². The SMILES string of the molecule is CC(C)(C)OC(=O)CCS(=O)(=O)CC(=O)OC(C)(C)C. The van der Waals surface area contributed by atoms with Gasteiger partial charge in [-0.3, -0.25) is 9.59 Å². The summed E-state index contributed by atoms with van der Waals surface area (Å²) in [5.74, 6) is -2.58. The predicted octanol–water partition coefficient (Wildman–Crippen LogP) is 1.47. The lowest BCUT2D eigenvalue weighted by molar-refractivity contribution is -0.154. The quantitative estimate of drug-likeness (QED) is 0.715. The van der Waals surface area contributed by atoms with E-state index in [9.17, 15) is 18.0 Å². The van der Waals surface area contributed by atoms with Crippen LogP contribution in [0.25, 0.3) is 0 Å². The van der Waals surface area contributed by atoms with Crippen molar-refractivity contribution in [1.29, 1.82) is 0 Å². The van der Waals surface area contributed by atoms with Gasteiger partial charge in [-0.05, 0) is 41.5 Å². The van der Waals surface area contributed by atoms with Gasteiger partial charge in [0, 0.05) is 0 Å². The van der Waals surface area contributed by atoms with Crippen LogP contribution in [0.1, 0.15) is 48.0 Å². The highest BCUT2D eigenvalue weighted by molar-refractivity contribution is 7.92. The third-order valence-electron chi connectivity index (χ3n) is 1.79. The molecule has 0 aliphatic rings. The zero-order valence-corrected chi connectivity index (χ0v) is 13.8. The van der Waals surface area contributed by atoms with Crippen molar-refractivity contribution in [3.05, 3.63) is 0 Å². The number of hydrogen-bond acceptors (Lipinski definition) is 6. The van der Waals surface area contributed by atoms with Gasteiger partial charge in [0.05, 0.1) is 12.2 Å². The standard InChI is InChI=1S/C13H24O6S/c1-12(2,3)18-10(14)7-8-20(16,17)9-11(15)19-13(4,5)6/h7-9H2,1-6H3.